The number of carbonyl (C=O) groups is 4. The predicted molar refractivity (Wildman–Crippen MR) is 94.7 cm³/mol. The van der Waals surface area contributed by atoms with Gasteiger partial charge in [-0.25, -0.2) is 18.0 Å². The molecule has 0 aromatic rings. The van der Waals surface area contributed by atoms with Gasteiger partial charge in [-0.15, -0.1) is 0 Å². The number of fused-ring (bicyclic) bond motifs is 1. The van der Waals surface area contributed by atoms with E-state index in [-0.39, 0.29) is 12.0 Å². The Bertz CT molecular complexity index is 1070. The number of alkyl halides is 5. The third-order valence-electron chi connectivity index (χ3n) is 5.93. The van der Waals surface area contributed by atoms with Crippen molar-refractivity contribution in [3.05, 3.63) is 12.2 Å². The van der Waals surface area contributed by atoms with Gasteiger partial charge in [-0.3, -0.25) is 9.59 Å². The van der Waals surface area contributed by atoms with E-state index < -0.39 is 94.0 Å². The third kappa shape index (κ3) is 4.70. The summed E-state index contributed by atoms with van der Waals surface area (Å²) >= 11 is 0. The van der Waals surface area contributed by atoms with Crippen LogP contribution in [-0.4, -0.2) is 73.2 Å². The molecule has 7 atom stereocenters. The minimum Gasteiger partial charge on any atom is -0.743 e. The van der Waals surface area contributed by atoms with Crippen LogP contribution < -0.4 is 0 Å². The maximum Gasteiger partial charge on any atom is 0.432 e. The molecule has 0 radical (unpaired) electrons. The van der Waals surface area contributed by atoms with Gasteiger partial charge in [0.1, 0.15) is 12.2 Å². The molecular formula is C18H16F5O11S-. The summed E-state index contributed by atoms with van der Waals surface area (Å²) in [5.74, 6) is -10.7. The van der Waals surface area contributed by atoms with Crippen molar-refractivity contribution in [2.24, 2.45) is 23.7 Å². The molecule has 2 saturated carbocycles. The number of rotatable bonds is 8. The Morgan fingerprint density at radius 1 is 1.20 bits per heavy atom. The van der Waals surface area contributed by atoms with Crippen molar-refractivity contribution in [1.82, 2.24) is 0 Å². The molecule has 0 spiro atoms. The van der Waals surface area contributed by atoms with E-state index in [1.165, 1.54) is 6.92 Å². The van der Waals surface area contributed by atoms with Gasteiger partial charge in [0.25, 0.3) is 6.10 Å². The summed E-state index contributed by atoms with van der Waals surface area (Å²) in [6.45, 7) is 3.64. The van der Waals surface area contributed by atoms with E-state index in [0.717, 1.165) is 0 Å². The average molecular weight is 535 g/mol. The van der Waals surface area contributed by atoms with Gasteiger partial charge in [0.15, 0.2) is 16.7 Å². The molecular weight excluding hydrogens is 519 g/mol. The van der Waals surface area contributed by atoms with Crippen LogP contribution in [0, 0.1) is 23.7 Å². The molecule has 0 aromatic heterocycles. The van der Waals surface area contributed by atoms with Gasteiger partial charge in [-0.2, -0.15) is 22.0 Å². The number of esters is 4. The maximum atomic E-state index is 13.7. The fraction of sp³-hybridized carbons (Fsp3) is 0.667. The van der Waals surface area contributed by atoms with Crippen LogP contribution in [0.25, 0.3) is 0 Å². The molecule has 0 amide bonds. The van der Waals surface area contributed by atoms with Crippen LogP contribution >= 0.6 is 0 Å². The number of ether oxygens (including phenoxy) is 4. The molecule has 1 aliphatic heterocycles. The molecule has 3 aliphatic rings. The van der Waals surface area contributed by atoms with E-state index in [2.05, 4.69) is 16.1 Å². The zero-order chi connectivity index (χ0) is 26.7. The quantitative estimate of drug-likeness (QED) is 0.139. The lowest BCUT2D eigenvalue weighted by molar-refractivity contribution is -0.262. The number of halogens is 5. The van der Waals surface area contributed by atoms with Crippen LogP contribution in [0.4, 0.5) is 22.0 Å². The Labute approximate surface area is 193 Å². The summed E-state index contributed by atoms with van der Waals surface area (Å²) in [4.78, 5) is 48.2. The van der Waals surface area contributed by atoms with Crippen molar-refractivity contribution in [3.8, 4) is 0 Å². The van der Waals surface area contributed by atoms with Crippen LogP contribution in [0.3, 0.4) is 0 Å². The van der Waals surface area contributed by atoms with Crippen molar-refractivity contribution in [1.29, 1.82) is 0 Å². The molecule has 7 unspecified atom stereocenters. The highest BCUT2D eigenvalue weighted by molar-refractivity contribution is 7.86. The van der Waals surface area contributed by atoms with E-state index >= 15 is 0 Å². The number of hydrogen-bond acceptors (Lipinski definition) is 11. The Hall–Kier alpha value is -2.82. The van der Waals surface area contributed by atoms with Gasteiger partial charge in [-0.1, -0.05) is 6.58 Å². The molecule has 17 heteroatoms. The van der Waals surface area contributed by atoms with E-state index in [0.29, 0.717) is 0 Å². The molecule has 3 rings (SSSR count). The Balaban J connectivity index is 1.81. The summed E-state index contributed by atoms with van der Waals surface area (Å²) in [5.41, 5.74) is -0.0517. The van der Waals surface area contributed by atoms with E-state index in [1.807, 2.05) is 0 Å². The van der Waals surface area contributed by atoms with Crippen LogP contribution in [0.5, 0.6) is 0 Å². The third-order valence-corrected chi connectivity index (χ3v) is 6.81. The van der Waals surface area contributed by atoms with Crippen molar-refractivity contribution < 1.29 is 73.0 Å². The minimum absolute atomic E-state index is 0.0517. The highest BCUT2D eigenvalue weighted by Gasteiger charge is 2.71. The molecule has 2 bridgehead atoms. The summed E-state index contributed by atoms with van der Waals surface area (Å²) in [5, 5.41) is -6.07. The van der Waals surface area contributed by atoms with Crippen molar-refractivity contribution >= 4 is 34.0 Å². The Morgan fingerprint density at radius 3 is 2.31 bits per heavy atom. The van der Waals surface area contributed by atoms with Gasteiger partial charge in [0, 0.05) is 17.4 Å². The first-order valence-electron chi connectivity index (χ1n) is 9.71. The number of carbonyl (C=O) groups excluding carboxylic acids is 4. The second kappa shape index (κ2) is 8.69. The van der Waals surface area contributed by atoms with Gasteiger partial charge in [-0.05, 0) is 13.3 Å². The van der Waals surface area contributed by atoms with Crippen molar-refractivity contribution in [3.63, 3.8) is 0 Å². The van der Waals surface area contributed by atoms with Gasteiger partial charge < -0.3 is 23.5 Å². The van der Waals surface area contributed by atoms with E-state index in [4.69, 9.17) is 9.47 Å². The first-order chi connectivity index (χ1) is 15.9. The van der Waals surface area contributed by atoms with Gasteiger partial charge in [0.05, 0.1) is 11.8 Å². The lowest BCUT2D eigenvalue weighted by atomic mass is 9.78. The molecule has 1 heterocycles. The van der Waals surface area contributed by atoms with Gasteiger partial charge in [0.2, 0.25) is 0 Å². The monoisotopic (exact) mass is 535 g/mol. The SMILES string of the molecule is C=C(C)C(=O)OCC(=O)OC1C2CC3C1OC(=O)C3C2C(=O)OC(C(F)(F)F)C(F)(F)S(=O)(=O)[O-]. The maximum absolute atomic E-state index is 13.7. The second-order valence-electron chi connectivity index (χ2n) is 8.20. The number of hydrogen-bond donors (Lipinski definition) is 0. The minimum atomic E-state index is -6.92. The summed E-state index contributed by atoms with van der Waals surface area (Å²) in [7, 11) is -6.92. The normalized spacial score (nSPS) is 30.4. The topological polar surface area (TPSA) is 162 Å². The highest BCUT2D eigenvalue weighted by atomic mass is 32.2. The van der Waals surface area contributed by atoms with E-state index in [1.54, 1.807) is 0 Å². The average Bonchev–Trinajstić information content (AvgIpc) is 3.31. The fourth-order valence-electron chi connectivity index (χ4n) is 4.55. The zero-order valence-electron chi connectivity index (χ0n) is 17.5. The summed E-state index contributed by atoms with van der Waals surface area (Å²) in [6.07, 6.45) is -13.5. The zero-order valence-corrected chi connectivity index (χ0v) is 18.3. The molecule has 2 aliphatic carbocycles. The van der Waals surface area contributed by atoms with E-state index in [9.17, 15) is 54.1 Å². The first-order valence-corrected chi connectivity index (χ1v) is 11.1. The molecule has 1 saturated heterocycles. The molecule has 0 N–H and O–H groups in total. The van der Waals surface area contributed by atoms with Crippen LogP contribution in [0.15, 0.2) is 12.2 Å². The molecule has 196 valence electrons. The van der Waals surface area contributed by atoms with Crippen molar-refractivity contribution in [2.75, 3.05) is 6.61 Å². The fourth-order valence-corrected chi connectivity index (χ4v) is 5.00. The summed E-state index contributed by atoms with van der Waals surface area (Å²) in [6, 6.07) is 0. The predicted octanol–water partition coefficient (Wildman–Crippen LogP) is 0.437. The largest absolute Gasteiger partial charge is 0.743 e. The molecule has 35 heavy (non-hydrogen) atoms. The lowest BCUT2D eigenvalue weighted by Gasteiger charge is -2.33. The highest BCUT2D eigenvalue weighted by Crippen LogP contribution is 2.59. The lowest BCUT2D eigenvalue weighted by Crippen LogP contribution is -2.54. The van der Waals surface area contributed by atoms with Gasteiger partial charge >= 0.3 is 35.3 Å². The smallest absolute Gasteiger partial charge is 0.432 e. The van der Waals surface area contributed by atoms with Crippen molar-refractivity contribution in [2.45, 2.75) is 43.1 Å². The Kier molecular flexibility index (Phi) is 6.65. The molecule has 11 nitrogen and oxygen atoms in total. The second-order valence-corrected chi connectivity index (χ2v) is 9.65. The standard InChI is InChI=1S/C18H17F5O11S/c1-5(2)13(25)31-4-8(24)32-11-6-3-7-9(14(26)33-12(7)11)10(6)15(27)34-16(17(19,20)21)18(22,23)35(28,29)30/h6-7,9-12,16H,1,3-4H2,2H3,(H,28,29,30)/p-1. The van der Waals surface area contributed by atoms with Crippen LogP contribution in [-0.2, 0) is 48.2 Å². The van der Waals surface area contributed by atoms with Crippen LogP contribution in [0.2, 0.25) is 0 Å². The van der Waals surface area contributed by atoms with Crippen LogP contribution in [0.1, 0.15) is 13.3 Å². The molecule has 3 fully saturated rings. The molecule has 0 aromatic carbocycles. The first kappa shape index (κ1) is 26.8. The Morgan fingerprint density at radius 2 is 1.80 bits per heavy atom. The summed E-state index contributed by atoms with van der Waals surface area (Å²) < 4.78 is 117.